The van der Waals surface area contributed by atoms with Crippen LogP contribution in [0.4, 0.5) is 5.69 Å². The Morgan fingerprint density at radius 3 is 2.56 bits per heavy atom. The molecule has 0 aliphatic carbocycles. The largest absolute Gasteiger partial charge is 0.480 e. The molecule has 94 valence electrons. The number of benzene rings is 1. The van der Waals surface area contributed by atoms with Crippen molar-refractivity contribution < 1.29 is 9.90 Å². The average molecular weight is 245 g/mol. The lowest BCUT2D eigenvalue weighted by Gasteiger charge is -2.12. The molecule has 5 nitrogen and oxygen atoms in total. The first-order valence-electron chi connectivity index (χ1n) is 5.63. The number of nitrogens with two attached hydrogens (primary N) is 1. The SMILES string of the molecule is Cc1cn(C(C)C(=O)O)c(-c2ccc(N)cc2)n1. The summed E-state index contributed by atoms with van der Waals surface area (Å²) in [6.07, 6.45) is 1.74. The highest BCUT2D eigenvalue weighted by molar-refractivity contribution is 5.73. The Hall–Kier alpha value is -2.30. The molecule has 1 aromatic carbocycles. The lowest BCUT2D eigenvalue weighted by Crippen LogP contribution is -2.15. The summed E-state index contributed by atoms with van der Waals surface area (Å²) in [6, 6.07) is 6.56. The maximum absolute atomic E-state index is 11.1. The van der Waals surface area contributed by atoms with Crippen LogP contribution in [0.15, 0.2) is 30.5 Å². The van der Waals surface area contributed by atoms with Gasteiger partial charge in [-0.1, -0.05) is 0 Å². The predicted octanol–water partition coefficient (Wildman–Crippen LogP) is 2.09. The zero-order chi connectivity index (χ0) is 13.3. The first-order chi connectivity index (χ1) is 8.49. The topological polar surface area (TPSA) is 81.1 Å². The maximum atomic E-state index is 11.1. The second-order valence-electron chi connectivity index (χ2n) is 4.25. The molecular weight excluding hydrogens is 230 g/mol. The third-order valence-electron chi connectivity index (χ3n) is 2.80. The van der Waals surface area contributed by atoms with Crippen molar-refractivity contribution in [2.75, 3.05) is 5.73 Å². The number of carboxylic acid groups (broad SMARTS) is 1. The Kier molecular flexibility index (Phi) is 3.06. The minimum absolute atomic E-state index is 0.641. The lowest BCUT2D eigenvalue weighted by atomic mass is 10.2. The molecular formula is C13H15N3O2. The molecule has 1 unspecified atom stereocenters. The fourth-order valence-corrected chi connectivity index (χ4v) is 1.78. The minimum atomic E-state index is -0.885. The Morgan fingerprint density at radius 1 is 1.39 bits per heavy atom. The minimum Gasteiger partial charge on any atom is -0.480 e. The van der Waals surface area contributed by atoms with Crippen LogP contribution >= 0.6 is 0 Å². The highest BCUT2D eigenvalue weighted by Crippen LogP contribution is 2.23. The molecule has 0 fully saturated rings. The Morgan fingerprint density at radius 2 is 2.00 bits per heavy atom. The van der Waals surface area contributed by atoms with E-state index in [-0.39, 0.29) is 0 Å². The summed E-state index contributed by atoms with van der Waals surface area (Å²) in [5, 5.41) is 9.09. The van der Waals surface area contributed by atoms with Gasteiger partial charge in [0.1, 0.15) is 11.9 Å². The first-order valence-corrected chi connectivity index (χ1v) is 5.63. The summed E-state index contributed by atoms with van der Waals surface area (Å²) in [5.41, 5.74) is 7.94. The molecule has 2 aromatic rings. The summed E-state index contributed by atoms with van der Waals surface area (Å²) >= 11 is 0. The summed E-state index contributed by atoms with van der Waals surface area (Å²) in [6.45, 7) is 3.47. The van der Waals surface area contributed by atoms with Gasteiger partial charge in [0, 0.05) is 17.4 Å². The van der Waals surface area contributed by atoms with Gasteiger partial charge < -0.3 is 15.4 Å². The van der Waals surface area contributed by atoms with Gasteiger partial charge in [0.05, 0.1) is 5.69 Å². The van der Waals surface area contributed by atoms with Crippen molar-refractivity contribution in [3.05, 3.63) is 36.2 Å². The molecule has 1 heterocycles. The van der Waals surface area contributed by atoms with Crippen molar-refractivity contribution >= 4 is 11.7 Å². The molecule has 0 radical (unpaired) electrons. The molecule has 0 aliphatic heterocycles. The Labute approximate surface area is 105 Å². The number of aliphatic carboxylic acids is 1. The normalized spacial score (nSPS) is 12.3. The third-order valence-corrected chi connectivity index (χ3v) is 2.80. The van der Waals surface area contributed by atoms with E-state index in [0.717, 1.165) is 11.3 Å². The van der Waals surface area contributed by atoms with Gasteiger partial charge in [-0.15, -0.1) is 0 Å². The Balaban J connectivity index is 2.50. The maximum Gasteiger partial charge on any atom is 0.326 e. The van der Waals surface area contributed by atoms with Crippen molar-refractivity contribution in [2.45, 2.75) is 19.9 Å². The summed E-state index contributed by atoms with van der Waals surface area (Å²) in [7, 11) is 0. The smallest absolute Gasteiger partial charge is 0.326 e. The van der Waals surface area contributed by atoms with Crippen molar-refractivity contribution in [1.29, 1.82) is 0 Å². The first kappa shape index (κ1) is 12.2. The summed E-state index contributed by atoms with van der Waals surface area (Å²) in [5.74, 6) is -0.244. The van der Waals surface area contributed by atoms with Crippen LogP contribution in [0.25, 0.3) is 11.4 Å². The van der Waals surface area contributed by atoms with Gasteiger partial charge in [-0.3, -0.25) is 0 Å². The van der Waals surface area contributed by atoms with Crippen molar-refractivity contribution in [1.82, 2.24) is 9.55 Å². The van der Waals surface area contributed by atoms with Crippen LogP contribution in [-0.2, 0) is 4.79 Å². The quantitative estimate of drug-likeness (QED) is 0.811. The van der Waals surface area contributed by atoms with Gasteiger partial charge in [-0.05, 0) is 38.1 Å². The number of nitrogen functional groups attached to an aromatic ring is 1. The van der Waals surface area contributed by atoms with E-state index in [2.05, 4.69) is 4.98 Å². The second kappa shape index (κ2) is 4.52. The number of aromatic nitrogens is 2. The number of carboxylic acids is 1. The molecule has 5 heteroatoms. The molecule has 0 saturated carbocycles. The number of imidazole rings is 1. The molecule has 1 atom stereocenters. The summed E-state index contributed by atoms with van der Waals surface area (Å²) in [4.78, 5) is 15.5. The number of rotatable bonds is 3. The van der Waals surface area contributed by atoms with Gasteiger partial charge in [-0.2, -0.15) is 0 Å². The summed E-state index contributed by atoms with van der Waals surface area (Å²) < 4.78 is 1.66. The van der Waals surface area contributed by atoms with E-state index in [9.17, 15) is 4.79 Å². The van der Waals surface area contributed by atoms with Crippen molar-refractivity contribution in [3.63, 3.8) is 0 Å². The standard InChI is InChI=1S/C13H15N3O2/c1-8-7-16(9(2)13(17)18)12(15-8)10-3-5-11(14)6-4-10/h3-7,9H,14H2,1-2H3,(H,17,18). The van der Waals surface area contributed by atoms with Gasteiger partial charge in [-0.25, -0.2) is 9.78 Å². The number of carbonyl (C=O) groups is 1. The molecule has 0 spiro atoms. The lowest BCUT2D eigenvalue weighted by molar-refractivity contribution is -0.140. The van der Waals surface area contributed by atoms with Crippen LogP contribution in [0.5, 0.6) is 0 Å². The third kappa shape index (κ3) is 2.20. The monoisotopic (exact) mass is 245 g/mol. The van der Waals surface area contributed by atoms with Gasteiger partial charge >= 0.3 is 5.97 Å². The molecule has 0 amide bonds. The van der Waals surface area contributed by atoms with Crippen LogP contribution in [-0.4, -0.2) is 20.6 Å². The molecule has 0 saturated heterocycles. The van der Waals surface area contributed by atoms with Crippen LogP contribution in [0.3, 0.4) is 0 Å². The van der Waals surface area contributed by atoms with E-state index < -0.39 is 12.0 Å². The fourth-order valence-electron chi connectivity index (χ4n) is 1.78. The number of aryl methyl sites for hydroxylation is 1. The number of anilines is 1. The van der Waals surface area contributed by atoms with E-state index in [4.69, 9.17) is 10.8 Å². The van der Waals surface area contributed by atoms with Gasteiger partial charge in [0.25, 0.3) is 0 Å². The van der Waals surface area contributed by atoms with E-state index in [1.54, 1.807) is 29.8 Å². The van der Waals surface area contributed by atoms with Crippen LogP contribution in [0.2, 0.25) is 0 Å². The number of nitrogens with zero attached hydrogens (tertiary/aromatic N) is 2. The van der Waals surface area contributed by atoms with Gasteiger partial charge in [0.15, 0.2) is 0 Å². The molecule has 1 aromatic heterocycles. The molecule has 0 bridgehead atoms. The molecule has 3 N–H and O–H groups in total. The van der Waals surface area contributed by atoms with Crippen molar-refractivity contribution in [2.24, 2.45) is 0 Å². The highest BCUT2D eigenvalue weighted by Gasteiger charge is 2.18. The van der Waals surface area contributed by atoms with Crippen LogP contribution < -0.4 is 5.73 Å². The Bertz CT molecular complexity index is 572. The van der Waals surface area contributed by atoms with E-state index >= 15 is 0 Å². The van der Waals surface area contributed by atoms with Gasteiger partial charge in [0.2, 0.25) is 0 Å². The zero-order valence-corrected chi connectivity index (χ0v) is 10.3. The van der Waals surface area contributed by atoms with Crippen LogP contribution in [0.1, 0.15) is 18.7 Å². The van der Waals surface area contributed by atoms with E-state index in [0.29, 0.717) is 11.5 Å². The van der Waals surface area contributed by atoms with Crippen molar-refractivity contribution in [3.8, 4) is 11.4 Å². The number of hydrogen-bond acceptors (Lipinski definition) is 3. The zero-order valence-electron chi connectivity index (χ0n) is 10.3. The highest BCUT2D eigenvalue weighted by atomic mass is 16.4. The second-order valence-corrected chi connectivity index (χ2v) is 4.25. The fraction of sp³-hybridized carbons (Fsp3) is 0.231. The molecule has 18 heavy (non-hydrogen) atoms. The molecule has 0 aliphatic rings. The van der Waals surface area contributed by atoms with E-state index in [1.807, 2.05) is 19.1 Å². The van der Waals surface area contributed by atoms with E-state index in [1.165, 1.54) is 0 Å². The predicted molar refractivity (Wildman–Crippen MR) is 69.2 cm³/mol. The van der Waals surface area contributed by atoms with Crippen LogP contribution in [0, 0.1) is 6.92 Å². The number of hydrogen-bond donors (Lipinski definition) is 2. The average Bonchev–Trinajstić information content (AvgIpc) is 2.71. The molecule has 2 rings (SSSR count).